The molecule has 0 amide bonds. The van der Waals surface area contributed by atoms with Crippen molar-refractivity contribution in [1.29, 1.82) is 0 Å². The minimum Gasteiger partial charge on any atom is -0.394 e. The van der Waals surface area contributed by atoms with Crippen LogP contribution in [0.2, 0.25) is 0 Å². The number of ketones is 1. The van der Waals surface area contributed by atoms with E-state index in [2.05, 4.69) is 15.9 Å². The third-order valence-corrected chi connectivity index (χ3v) is 2.69. The van der Waals surface area contributed by atoms with E-state index in [1.807, 2.05) is 0 Å². The molecule has 0 aliphatic carbocycles. The summed E-state index contributed by atoms with van der Waals surface area (Å²) in [4.78, 5) is 11.0. The fourth-order valence-corrected chi connectivity index (χ4v) is 1.82. The molecule has 0 fully saturated rings. The molecule has 14 heavy (non-hydrogen) atoms. The third kappa shape index (κ3) is 2.41. The molecule has 0 radical (unpaired) electrons. The number of nitrogens with two attached hydrogens (primary N) is 1. The topological polar surface area (TPSA) is 63.3 Å². The van der Waals surface area contributed by atoms with Crippen molar-refractivity contribution in [3.63, 3.8) is 0 Å². The number of carbonyl (C=O) groups is 1. The summed E-state index contributed by atoms with van der Waals surface area (Å²) in [7, 11) is 0. The van der Waals surface area contributed by atoms with E-state index >= 15 is 0 Å². The highest BCUT2D eigenvalue weighted by atomic mass is 79.9. The monoisotopic (exact) mass is 257 g/mol. The maximum Gasteiger partial charge on any atom is 0.159 e. The molecule has 4 heteroatoms. The quantitative estimate of drug-likeness (QED) is 0.810. The summed E-state index contributed by atoms with van der Waals surface area (Å²) in [5.41, 5.74) is 7.09. The van der Waals surface area contributed by atoms with Gasteiger partial charge in [0.05, 0.1) is 12.6 Å². The number of hydrogen-bond donors (Lipinski definition) is 2. The van der Waals surface area contributed by atoms with Crippen LogP contribution in [0.5, 0.6) is 0 Å². The van der Waals surface area contributed by atoms with Gasteiger partial charge < -0.3 is 10.8 Å². The van der Waals surface area contributed by atoms with E-state index in [-0.39, 0.29) is 12.4 Å². The van der Waals surface area contributed by atoms with Crippen LogP contribution in [-0.4, -0.2) is 17.5 Å². The smallest absolute Gasteiger partial charge is 0.159 e. The van der Waals surface area contributed by atoms with E-state index in [0.29, 0.717) is 5.56 Å². The van der Waals surface area contributed by atoms with Gasteiger partial charge in [-0.3, -0.25) is 4.79 Å². The highest BCUT2D eigenvalue weighted by Gasteiger charge is 2.10. The lowest BCUT2D eigenvalue weighted by Crippen LogP contribution is -2.15. The van der Waals surface area contributed by atoms with Gasteiger partial charge in [0.25, 0.3) is 0 Å². The van der Waals surface area contributed by atoms with Gasteiger partial charge in [-0.15, -0.1) is 0 Å². The Kier molecular flexibility index (Phi) is 3.80. The first-order valence-electron chi connectivity index (χ1n) is 4.23. The van der Waals surface area contributed by atoms with Crippen LogP contribution in [0.3, 0.4) is 0 Å². The number of Topliss-reactive ketones (excluding diaryl/α,β-unsaturated/α-hetero) is 1. The van der Waals surface area contributed by atoms with E-state index in [0.717, 1.165) is 10.0 Å². The van der Waals surface area contributed by atoms with Crippen molar-refractivity contribution in [3.8, 4) is 0 Å². The Bertz CT molecular complexity index is 352. The van der Waals surface area contributed by atoms with E-state index in [9.17, 15) is 4.79 Å². The molecule has 0 unspecified atom stereocenters. The van der Waals surface area contributed by atoms with Gasteiger partial charge in [0.15, 0.2) is 5.78 Å². The summed E-state index contributed by atoms with van der Waals surface area (Å²) in [6.45, 7) is 1.39. The summed E-state index contributed by atoms with van der Waals surface area (Å²) in [6.07, 6.45) is 0. The van der Waals surface area contributed by atoms with Crippen LogP contribution in [0, 0.1) is 0 Å². The molecule has 0 aromatic heterocycles. The molecule has 76 valence electrons. The Morgan fingerprint density at radius 1 is 1.64 bits per heavy atom. The van der Waals surface area contributed by atoms with Crippen LogP contribution < -0.4 is 5.73 Å². The van der Waals surface area contributed by atoms with Crippen molar-refractivity contribution >= 4 is 21.7 Å². The SMILES string of the molecule is CC(=O)c1ccc([C@@H](N)CO)c(Br)c1. The summed E-state index contributed by atoms with van der Waals surface area (Å²) in [5.74, 6) is 0.00909. The first-order chi connectivity index (χ1) is 6.56. The summed E-state index contributed by atoms with van der Waals surface area (Å²) in [6, 6.07) is 4.76. The van der Waals surface area contributed by atoms with Crippen LogP contribution in [-0.2, 0) is 0 Å². The van der Waals surface area contributed by atoms with Gasteiger partial charge in [-0.2, -0.15) is 0 Å². The zero-order valence-corrected chi connectivity index (χ0v) is 9.41. The average molecular weight is 258 g/mol. The highest BCUT2D eigenvalue weighted by molar-refractivity contribution is 9.10. The molecule has 0 saturated heterocycles. The molecule has 0 aliphatic heterocycles. The van der Waals surface area contributed by atoms with E-state index in [1.54, 1.807) is 18.2 Å². The highest BCUT2D eigenvalue weighted by Crippen LogP contribution is 2.23. The lowest BCUT2D eigenvalue weighted by molar-refractivity contribution is 0.101. The predicted molar refractivity (Wildman–Crippen MR) is 58.2 cm³/mol. The number of aliphatic hydroxyl groups excluding tert-OH is 1. The van der Waals surface area contributed by atoms with Gasteiger partial charge in [0.2, 0.25) is 0 Å². The van der Waals surface area contributed by atoms with Crippen molar-refractivity contribution in [2.75, 3.05) is 6.61 Å². The van der Waals surface area contributed by atoms with Gasteiger partial charge in [0.1, 0.15) is 0 Å². The number of carbonyl (C=O) groups excluding carboxylic acids is 1. The van der Waals surface area contributed by atoms with Crippen molar-refractivity contribution in [2.45, 2.75) is 13.0 Å². The molecule has 0 heterocycles. The predicted octanol–water partition coefficient (Wildman–Crippen LogP) is 1.64. The average Bonchev–Trinajstić information content (AvgIpc) is 2.16. The van der Waals surface area contributed by atoms with Gasteiger partial charge >= 0.3 is 0 Å². The normalized spacial score (nSPS) is 12.6. The van der Waals surface area contributed by atoms with E-state index in [1.165, 1.54) is 6.92 Å². The Hall–Kier alpha value is -0.710. The van der Waals surface area contributed by atoms with Crippen LogP contribution in [0.4, 0.5) is 0 Å². The van der Waals surface area contributed by atoms with Crippen LogP contribution >= 0.6 is 15.9 Å². The van der Waals surface area contributed by atoms with E-state index in [4.69, 9.17) is 10.8 Å². The Morgan fingerprint density at radius 2 is 2.29 bits per heavy atom. The third-order valence-electron chi connectivity index (χ3n) is 2.00. The number of benzene rings is 1. The first kappa shape index (κ1) is 11.4. The minimum atomic E-state index is -0.412. The van der Waals surface area contributed by atoms with Gasteiger partial charge in [-0.25, -0.2) is 0 Å². The Labute approximate surface area is 91.1 Å². The van der Waals surface area contributed by atoms with Crippen molar-refractivity contribution < 1.29 is 9.90 Å². The maximum absolute atomic E-state index is 11.0. The molecule has 0 bridgehead atoms. The number of aliphatic hydroxyl groups is 1. The van der Waals surface area contributed by atoms with Crippen molar-refractivity contribution in [2.24, 2.45) is 5.73 Å². The second-order valence-electron chi connectivity index (χ2n) is 3.08. The fraction of sp³-hybridized carbons (Fsp3) is 0.300. The molecular formula is C10H12BrNO2. The molecule has 3 N–H and O–H groups in total. The summed E-state index contributed by atoms with van der Waals surface area (Å²) < 4.78 is 0.756. The minimum absolute atomic E-state index is 0.00909. The maximum atomic E-state index is 11.0. The molecule has 1 rings (SSSR count). The second kappa shape index (κ2) is 4.68. The molecule has 1 aromatic carbocycles. The molecule has 0 spiro atoms. The van der Waals surface area contributed by atoms with Crippen molar-refractivity contribution in [3.05, 3.63) is 33.8 Å². The van der Waals surface area contributed by atoms with Gasteiger partial charge in [0, 0.05) is 10.0 Å². The lowest BCUT2D eigenvalue weighted by Gasteiger charge is -2.11. The molecule has 0 saturated carbocycles. The van der Waals surface area contributed by atoms with Crippen LogP contribution in [0.1, 0.15) is 28.9 Å². The molecule has 3 nitrogen and oxygen atoms in total. The standard InChI is InChI=1S/C10H12BrNO2/c1-6(14)7-2-3-8(9(11)4-7)10(12)5-13/h2-4,10,13H,5,12H2,1H3/t10-/m0/s1. The van der Waals surface area contributed by atoms with Crippen LogP contribution in [0.15, 0.2) is 22.7 Å². The largest absolute Gasteiger partial charge is 0.394 e. The number of hydrogen-bond acceptors (Lipinski definition) is 3. The lowest BCUT2D eigenvalue weighted by atomic mass is 10.0. The first-order valence-corrected chi connectivity index (χ1v) is 5.02. The fourth-order valence-electron chi connectivity index (χ4n) is 1.15. The van der Waals surface area contributed by atoms with E-state index < -0.39 is 6.04 Å². The Balaban J connectivity index is 3.07. The summed E-state index contributed by atoms with van der Waals surface area (Å²) in [5, 5.41) is 8.88. The van der Waals surface area contributed by atoms with Gasteiger partial charge in [-0.05, 0) is 18.6 Å². The molecular weight excluding hydrogens is 246 g/mol. The zero-order valence-electron chi connectivity index (χ0n) is 7.83. The van der Waals surface area contributed by atoms with Crippen molar-refractivity contribution in [1.82, 2.24) is 0 Å². The summed E-state index contributed by atoms with van der Waals surface area (Å²) >= 11 is 3.31. The Morgan fingerprint density at radius 3 is 2.71 bits per heavy atom. The zero-order chi connectivity index (χ0) is 10.7. The number of rotatable bonds is 3. The van der Waals surface area contributed by atoms with Crippen LogP contribution in [0.25, 0.3) is 0 Å². The molecule has 1 aromatic rings. The number of halogens is 1. The molecule has 0 aliphatic rings. The van der Waals surface area contributed by atoms with Gasteiger partial charge in [-0.1, -0.05) is 28.1 Å². The second-order valence-corrected chi connectivity index (χ2v) is 3.94. The molecule has 1 atom stereocenters.